The van der Waals surface area contributed by atoms with E-state index >= 15 is 0 Å². The SMILES string of the molecule is CCC(CN)NC(=O)c1ccc2ccccc2c1. The highest BCUT2D eigenvalue weighted by atomic mass is 16.1. The van der Waals surface area contributed by atoms with Gasteiger partial charge in [-0.2, -0.15) is 0 Å². The summed E-state index contributed by atoms with van der Waals surface area (Å²) in [5, 5.41) is 5.15. The second-order valence-corrected chi connectivity index (χ2v) is 4.38. The van der Waals surface area contributed by atoms with Gasteiger partial charge in [-0.15, -0.1) is 0 Å². The highest BCUT2D eigenvalue weighted by Gasteiger charge is 2.10. The summed E-state index contributed by atoms with van der Waals surface area (Å²) in [7, 11) is 0. The normalized spacial score (nSPS) is 12.3. The minimum atomic E-state index is -0.0574. The van der Waals surface area contributed by atoms with Crippen LogP contribution in [0.5, 0.6) is 0 Å². The van der Waals surface area contributed by atoms with Crippen LogP contribution in [0.3, 0.4) is 0 Å². The Morgan fingerprint density at radius 3 is 2.61 bits per heavy atom. The molecule has 0 aromatic heterocycles. The summed E-state index contributed by atoms with van der Waals surface area (Å²) >= 11 is 0. The summed E-state index contributed by atoms with van der Waals surface area (Å²) < 4.78 is 0. The molecule has 3 N–H and O–H groups in total. The van der Waals surface area contributed by atoms with Crippen molar-refractivity contribution in [3.63, 3.8) is 0 Å². The molecule has 0 saturated heterocycles. The van der Waals surface area contributed by atoms with Crippen molar-refractivity contribution < 1.29 is 4.79 Å². The lowest BCUT2D eigenvalue weighted by molar-refractivity contribution is 0.0937. The van der Waals surface area contributed by atoms with E-state index in [1.807, 2.05) is 49.4 Å². The molecule has 0 aliphatic carbocycles. The lowest BCUT2D eigenvalue weighted by Gasteiger charge is -2.14. The third-order valence-corrected chi connectivity index (χ3v) is 3.12. The zero-order chi connectivity index (χ0) is 13.0. The summed E-state index contributed by atoms with van der Waals surface area (Å²) in [6, 6.07) is 13.8. The molecule has 0 bridgehead atoms. The first-order valence-electron chi connectivity index (χ1n) is 6.24. The average Bonchev–Trinajstić information content (AvgIpc) is 2.44. The Bertz CT molecular complexity index is 547. The van der Waals surface area contributed by atoms with Crippen LogP contribution in [0.1, 0.15) is 23.7 Å². The van der Waals surface area contributed by atoms with Crippen molar-refractivity contribution in [1.82, 2.24) is 5.32 Å². The van der Waals surface area contributed by atoms with Crippen LogP contribution in [0.15, 0.2) is 42.5 Å². The Kier molecular flexibility index (Phi) is 3.95. The molecule has 1 atom stereocenters. The molecule has 0 aliphatic rings. The monoisotopic (exact) mass is 242 g/mol. The molecule has 94 valence electrons. The first-order chi connectivity index (χ1) is 8.74. The van der Waals surface area contributed by atoms with Gasteiger partial charge in [0, 0.05) is 18.2 Å². The van der Waals surface area contributed by atoms with Crippen molar-refractivity contribution in [2.75, 3.05) is 6.54 Å². The largest absolute Gasteiger partial charge is 0.348 e. The van der Waals surface area contributed by atoms with Gasteiger partial charge in [-0.25, -0.2) is 0 Å². The van der Waals surface area contributed by atoms with Crippen LogP contribution in [0.4, 0.5) is 0 Å². The van der Waals surface area contributed by atoms with E-state index in [2.05, 4.69) is 5.32 Å². The Morgan fingerprint density at radius 1 is 1.22 bits per heavy atom. The van der Waals surface area contributed by atoms with Gasteiger partial charge >= 0.3 is 0 Å². The number of hydrogen-bond acceptors (Lipinski definition) is 2. The average molecular weight is 242 g/mol. The molecule has 3 nitrogen and oxygen atoms in total. The summed E-state index contributed by atoms with van der Waals surface area (Å²) in [4.78, 5) is 12.0. The van der Waals surface area contributed by atoms with Crippen LogP contribution >= 0.6 is 0 Å². The number of hydrogen-bond donors (Lipinski definition) is 2. The topological polar surface area (TPSA) is 55.1 Å². The van der Waals surface area contributed by atoms with Crippen molar-refractivity contribution in [3.8, 4) is 0 Å². The molecule has 0 radical (unpaired) electrons. The lowest BCUT2D eigenvalue weighted by Crippen LogP contribution is -2.39. The van der Waals surface area contributed by atoms with Crippen molar-refractivity contribution in [3.05, 3.63) is 48.0 Å². The molecular weight excluding hydrogens is 224 g/mol. The van der Waals surface area contributed by atoms with E-state index in [0.29, 0.717) is 12.1 Å². The smallest absolute Gasteiger partial charge is 0.251 e. The van der Waals surface area contributed by atoms with Crippen molar-refractivity contribution in [1.29, 1.82) is 0 Å². The number of amides is 1. The zero-order valence-electron chi connectivity index (χ0n) is 10.5. The molecule has 1 amide bonds. The molecule has 3 heteroatoms. The van der Waals surface area contributed by atoms with Gasteiger partial charge in [-0.3, -0.25) is 4.79 Å². The third-order valence-electron chi connectivity index (χ3n) is 3.12. The van der Waals surface area contributed by atoms with E-state index < -0.39 is 0 Å². The van der Waals surface area contributed by atoms with E-state index in [9.17, 15) is 4.79 Å². The first kappa shape index (κ1) is 12.6. The molecule has 2 aromatic rings. The Hall–Kier alpha value is -1.87. The highest BCUT2D eigenvalue weighted by molar-refractivity contribution is 5.98. The minimum absolute atomic E-state index is 0.0453. The Balaban J connectivity index is 2.22. The maximum Gasteiger partial charge on any atom is 0.251 e. The van der Waals surface area contributed by atoms with Gasteiger partial charge in [0.1, 0.15) is 0 Å². The minimum Gasteiger partial charge on any atom is -0.348 e. The molecule has 18 heavy (non-hydrogen) atoms. The number of nitrogens with two attached hydrogens (primary N) is 1. The fraction of sp³-hybridized carbons (Fsp3) is 0.267. The van der Waals surface area contributed by atoms with E-state index in [0.717, 1.165) is 17.2 Å². The Labute approximate surface area is 107 Å². The van der Waals surface area contributed by atoms with Crippen LogP contribution in [-0.4, -0.2) is 18.5 Å². The quantitative estimate of drug-likeness (QED) is 0.864. The molecule has 2 aromatic carbocycles. The number of benzene rings is 2. The van der Waals surface area contributed by atoms with E-state index in [-0.39, 0.29) is 11.9 Å². The Morgan fingerprint density at radius 2 is 1.94 bits per heavy atom. The number of nitrogens with one attached hydrogen (secondary N) is 1. The van der Waals surface area contributed by atoms with Gasteiger partial charge in [0.2, 0.25) is 0 Å². The molecular formula is C15H18N2O. The maximum atomic E-state index is 12.0. The predicted molar refractivity (Wildman–Crippen MR) is 74.5 cm³/mol. The van der Waals surface area contributed by atoms with Gasteiger partial charge in [0.15, 0.2) is 0 Å². The number of carbonyl (C=O) groups excluding carboxylic acids is 1. The summed E-state index contributed by atoms with van der Waals surface area (Å²) in [6.07, 6.45) is 0.843. The summed E-state index contributed by atoms with van der Waals surface area (Å²) in [5.74, 6) is -0.0574. The molecule has 2 rings (SSSR count). The number of rotatable bonds is 4. The van der Waals surface area contributed by atoms with Gasteiger partial charge in [-0.05, 0) is 29.3 Å². The second kappa shape index (κ2) is 5.65. The van der Waals surface area contributed by atoms with Crippen molar-refractivity contribution in [2.24, 2.45) is 5.73 Å². The van der Waals surface area contributed by atoms with Crippen molar-refractivity contribution in [2.45, 2.75) is 19.4 Å². The van der Waals surface area contributed by atoms with Gasteiger partial charge < -0.3 is 11.1 Å². The number of fused-ring (bicyclic) bond motifs is 1. The fourth-order valence-electron chi connectivity index (χ4n) is 1.93. The van der Waals surface area contributed by atoms with Crippen LogP contribution in [-0.2, 0) is 0 Å². The molecule has 0 spiro atoms. The highest BCUT2D eigenvalue weighted by Crippen LogP contribution is 2.15. The van der Waals surface area contributed by atoms with E-state index in [1.165, 1.54) is 0 Å². The summed E-state index contributed by atoms with van der Waals surface area (Å²) in [5.41, 5.74) is 6.27. The molecule has 0 saturated carbocycles. The van der Waals surface area contributed by atoms with Crippen LogP contribution in [0.2, 0.25) is 0 Å². The molecule has 1 unspecified atom stereocenters. The van der Waals surface area contributed by atoms with E-state index in [4.69, 9.17) is 5.73 Å². The zero-order valence-corrected chi connectivity index (χ0v) is 10.5. The van der Waals surface area contributed by atoms with Gasteiger partial charge in [0.05, 0.1) is 0 Å². The lowest BCUT2D eigenvalue weighted by atomic mass is 10.1. The number of carbonyl (C=O) groups is 1. The van der Waals surface area contributed by atoms with E-state index in [1.54, 1.807) is 0 Å². The van der Waals surface area contributed by atoms with Gasteiger partial charge in [-0.1, -0.05) is 37.3 Å². The first-order valence-corrected chi connectivity index (χ1v) is 6.24. The summed E-state index contributed by atoms with van der Waals surface area (Å²) in [6.45, 7) is 2.48. The van der Waals surface area contributed by atoms with Crippen molar-refractivity contribution >= 4 is 16.7 Å². The fourth-order valence-corrected chi connectivity index (χ4v) is 1.93. The molecule has 0 aliphatic heterocycles. The second-order valence-electron chi connectivity index (χ2n) is 4.38. The molecule has 0 fully saturated rings. The maximum absolute atomic E-state index is 12.0. The van der Waals surface area contributed by atoms with Crippen LogP contribution in [0, 0.1) is 0 Å². The van der Waals surface area contributed by atoms with Crippen LogP contribution in [0.25, 0.3) is 10.8 Å². The van der Waals surface area contributed by atoms with Crippen LogP contribution < -0.4 is 11.1 Å². The third kappa shape index (κ3) is 2.68. The standard InChI is InChI=1S/C15H18N2O/c1-2-14(10-16)17-15(18)13-8-7-11-5-3-4-6-12(11)9-13/h3-9,14H,2,10,16H2,1H3,(H,17,18). The molecule has 0 heterocycles. The van der Waals surface area contributed by atoms with Gasteiger partial charge in [0.25, 0.3) is 5.91 Å². The predicted octanol–water partition coefficient (Wildman–Crippen LogP) is 2.31.